The lowest BCUT2D eigenvalue weighted by molar-refractivity contribution is 0.600. The third-order valence-electron chi connectivity index (χ3n) is 4.61. The van der Waals surface area contributed by atoms with Crippen molar-refractivity contribution in [3.05, 3.63) is 75.3 Å². The van der Waals surface area contributed by atoms with E-state index in [0.717, 1.165) is 5.56 Å². The fourth-order valence-corrected chi connectivity index (χ4v) is 4.70. The molecule has 3 rings (SSSR count). The lowest BCUT2D eigenvalue weighted by Gasteiger charge is -2.12. The summed E-state index contributed by atoms with van der Waals surface area (Å²) in [6.07, 6.45) is 0. The van der Waals surface area contributed by atoms with E-state index < -0.39 is 10.0 Å². The predicted molar refractivity (Wildman–Crippen MR) is 109 cm³/mol. The van der Waals surface area contributed by atoms with Crippen molar-refractivity contribution < 1.29 is 12.8 Å². The summed E-state index contributed by atoms with van der Waals surface area (Å²) in [6.45, 7) is 7.41. The lowest BCUT2D eigenvalue weighted by Crippen LogP contribution is -2.16. The van der Waals surface area contributed by atoms with Crippen LogP contribution >= 0.6 is 11.6 Å². The van der Waals surface area contributed by atoms with Gasteiger partial charge < -0.3 is 0 Å². The van der Waals surface area contributed by atoms with Crippen molar-refractivity contribution in [1.29, 1.82) is 0 Å². The van der Waals surface area contributed by atoms with Crippen LogP contribution in [0.1, 0.15) is 28.1 Å². The van der Waals surface area contributed by atoms with E-state index in [4.69, 9.17) is 11.6 Å². The molecule has 0 aliphatic rings. The highest BCUT2D eigenvalue weighted by Crippen LogP contribution is 2.28. The molecule has 1 N–H and O–H groups in total. The average molecular weight is 422 g/mol. The lowest BCUT2D eigenvalue weighted by atomic mass is 10.2. The summed E-state index contributed by atoms with van der Waals surface area (Å²) < 4.78 is 43.4. The molecule has 0 saturated heterocycles. The van der Waals surface area contributed by atoms with Gasteiger partial charge in [0, 0.05) is 5.02 Å². The largest absolute Gasteiger partial charge is 0.276 e. The SMILES string of the molecule is Cc1cc(S(=O)(=O)Nc2c(C)nn(Cc3ccc(F)cc3)c2C)c(C)cc1Cl. The van der Waals surface area contributed by atoms with Gasteiger partial charge in [-0.25, -0.2) is 12.8 Å². The Labute approximate surface area is 169 Å². The number of anilines is 1. The van der Waals surface area contributed by atoms with Crippen LogP contribution in [0.25, 0.3) is 0 Å². The molecule has 28 heavy (non-hydrogen) atoms. The molecule has 0 fully saturated rings. The highest BCUT2D eigenvalue weighted by atomic mass is 35.5. The van der Waals surface area contributed by atoms with Crippen LogP contribution in [0.4, 0.5) is 10.1 Å². The monoisotopic (exact) mass is 421 g/mol. The molecule has 0 atom stereocenters. The second-order valence-corrected chi connectivity index (χ2v) is 8.86. The van der Waals surface area contributed by atoms with Crippen LogP contribution in [0, 0.1) is 33.5 Å². The van der Waals surface area contributed by atoms with Gasteiger partial charge in [0.25, 0.3) is 10.0 Å². The molecule has 1 heterocycles. The summed E-state index contributed by atoms with van der Waals surface area (Å²) in [5.41, 5.74) is 3.80. The first kappa shape index (κ1) is 20.4. The first-order valence-corrected chi connectivity index (χ1v) is 10.5. The van der Waals surface area contributed by atoms with Crippen LogP contribution in [0.5, 0.6) is 0 Å². The van der Waals surface area contributed by atoms with E-state index in [1.54, 1.807) is 56.6 Å². The van der Waals surface area contributed by atoms with Crippen molar-refractivity contribution >= 4 is 27.3 Å². The molecule has 0 bridgehead atoms. The van der Waals surface area contributed by atoms with Gasteiger partial charge in [0.2, 0.25) is 0 Å². The molecule has 5 nitrogen and oxygen atoms in total. The summed E-state index contributed by atoms with van der Waals surface area (Å²) in [5, 5.41) is 4.96. The standard InChI is InChI=1S/C20H21ClFN3O2S/c1-12-10-19(13(2)9-18(12)21)28(26,27)24-20-14(3)23-25(15(20)4)11-16-5-7-17(22)8-6-16/h5-10,24H,11H2,1-4H3. The number of hydrogen-bond acceptors (Lipinski definition) is 3. The third-order valence-corrected chi connectivity index (χ3v) is 6.51. The van der Waals surface area contributed by atoms with E-state index in [1.807, 2.05) is 0 Å². The summed E-state index contributed by atoms with van der Waals surface area (Å²) in [6, 6.07) is 9.33. The Morgan fingerprint density at radius 3 is 2.36 bits per heavy atom. The maximum Gasteiger partial charge on any atom is 0.262 e. The van der Waals surface area contributed by atoms with Gasteiger partial charge in [-0.2, -0.15) is 5.10 Å². The summed E-state index contributed by atoms with van der Waals surface area (Å²) >= 11 is 6.08. The number of rotatable bonds is 5. The quantitative estimate of drug-likeness (QED) is 0.646. The van der Waals surface area contributed by atoms with Crippen LogP contribution in [-0.4, -0.2) is 18.2 Å². The van der Waals surface area contributed by atoms with Crippen molar-refractivity contribution in [2.24, 2.45) is 0 Å². The molecule has 2 aromatic carbocycles. The molecule has 1 aromatic heterocycles. The number of sulfonamides is 1. The maximum atomic E-state index is 13.1. The molecule has 0 aliphatic carbocycles. The Balaban J connectivity index is 1.93. The molecule has 8 heteroatoms. The van der Waals surface area contributed by atoms with Crippen LogP contribution in [-0.2, 0) is 16.6 Å². The molecule has 0 saturated carbocycles. The van der Waals surface area contributed by atoms with E-state index in [9.17, 15) is 12.8 Å². The topological polar surface area (TPSA) is 64.0 Å². The first-order valence-electron chi connectivity index (χ1n) is 8.66. The van der Waals surface area contributed by atoms with Gasteiger partial charge in [-0.1, -0.05) is 23.7 Å². The van der Waals surface area contributed by atoms with E-state index >= 15 is 0 Å². The van der Waals surface area contributed by atoms with Gasteiger partial charge in [-0.05, 0) is 68.7 Å². The van der Waals surface area contributed by atoms with Gasteiger partial charge in [-0.3, -0.25) is 9.40 Å². The van der Waals surface area contributed by atoms with Gasteiger partial charge in [0.1, 0.15) is 5.82 Å². The number of hydrogen-bond donors (Lipinski definition) is 1. The Morgan fingerprint density at radius 1 is 1.07 bits per heavy atom. The van der Waals surface area contributed by atoms with Gasteiger partial charge in [-0.15, -0.1) is 0 Å². The maximum absolute atomic E-state index is 13.1. The number of nitrogens with zero attached hydrogens (tertiary/aromatic N) is 2. The van der Waals surface area contributed by atoms with E-state index in [2.05, 4.69) is 9.82 Å². The second kappa shape index (κ2) is 7.56. The van der Waals surface area contributed by atoms with E-state index in [0.29, 0.717) is 39.8 Å². The molecule has 0 amide bonds. The fraction of sp³-hybridized carbons (Fsp3) is 0.250. The summed E-state index contributed by atoms with van der Waals surface area (Å²) in [5.74, 6) is -0.306. The Hall–Kier alpha value is -2.38. The second-order valence-electron chi connectivity index (χ2n) is 6.80. The predicted octanol–water partition coefficient (Wildman–Crippen LogP) is 4.76. The minimum Gasteiger partial charge on any atom is -0.276 e. The van der Waals surface area contributed by atoms with Gasteiger partial charge in [0.15, 0.2) is 0 Å². The van der Waals surface area contributed by atoms with Gasteiger partial charge >= 0.3 is 0 Å². The minimum atomic E-state index is -3.80. The van der Waals surface area contributed by atoms with E-state index in [-0.39, 0.29) is 10.7 Å². The third kappa shape index (κ3) is 4.05. The van der Waals surface area contributed by atoms with Crippen LogP contribution in [0.3, 0.4) is 0 Å². The highest BCUT2D eigenvalue weighted by molar-refractivity contribution is 7.92. The Kier molecular flexibility index (Phi) is 5.50. The van der Waals surface area contributed by atoms with E-state index in [1.165, 1.54) is 12.1 Å². The Morgan fingerprint density at radius 2 is 1.71 bits per heavy atom. The van der Waals surface area contributed by atoms with Crippen LogP contribution < -0.4 is 4.72 Å². The minimum absolute atomic E-state index is 0.180. The zero-order valence-electron chi connectivity index (χ0n) is 16.0. The number of nitrogens with one attached hydrogen (secondary N) is 1. The van der Waals surface area contributed by atoms with Crippen LogP contribution in [0.15, 0.2) is 41.3 Å². The zero-order valence-corrected chi connectivity index (χ0v) is 17.6. The fourth-order valence-electron chi connectivity index (χ4n) is 2.99. The smallest absolute Gasteiger partial charge is 0.262 e. The highest BCUT2D eigenvalue weighted by Gasteiger charge is 2.22. The average Bonchev–Trinajstić information content (AvgIpc) is 2.87. The van der Waals surface area contributed by atoms with Crippen molar-refractivity contribution in [3.8, 4) is 0 Å². The molecule has 3 aromatic rings. The molecule has 148 valence electrons. The molecule has 0 unspecified atom stereocenters. The molecule has 0 aliphatic heterocycles. The van der Waals surface area contributed by atoms with Gasteiger partial charge in [0.05, 0.1) is 28.5 Å². The zero-order chi connectivity index (χ0) is 20.6. The van der Waals surface area contributed by atoms with Crippen molar-refractivity contribution in [2.45, 2.75) is 39.1 Å². The molecule has 0 spiro atoms. The first-order chi connectivity index (χ1) is 13.1. The Bertz CT molecular complexity index is 1140. The molecule has 0 radical (unpaired) electrons. The molecular weight excluding hydrogens is 401 g/mol. The van der Waals surface area contributed by atoms with Crippen molar-refractivity contribution in [2.75, 3.05) is 4.72 Å². The number of aromatic nitrogens is 2. The normalized spacial score (nSPS) is 11.6. The number of aryl methyl sites for hydroxylation is 3. The number of halogens is 2. The van der Waals surface area contributed by atoms with Crippen molar-refractivity contribution in [3.63, 3.8) is 0 Å². The number of benzene rings is 2. The van der Waals surface area contributed by atoms with Crippen molar-refractivity contribution in [1.82, 2.24) is 9.78 Å². The molecular formula is C20H21ClFN3O2S. The summed E-state index contributed by atoms with van der Waals surface area (Å²) in [7, 11) is -3.80. The van der Waals surface area contributed by atoms with Crippen LogP contribution in [0.2, 0.25) is 5.02 Å². The summed E-state index contributed by atoms with van der Waals surface area (Å²) in [4.78, 5) is 0.180.